The van der Waals surface area contributed by atoms with Crippen LogP contribution in [-0.4, -0.2) is 27.6 Å². The van der Waals surface area contributed by atoms with Gasteiger partial charge in [-0.15, -0.1) is 0 Å². The van der Waals surface area contributed by atoms with Crippen LogP contribution in [0.3, 0.4) is 0 Å². The van der Waals surface area contributed by atoms with Crippen molar-refractivity contribution in [2.75, 3.05) is 5.32 Å². The number of aryl methyl sites for hydroxylation is 2. The molecule has 3 aromatic rings. The SMILES string of the molecule is Cc1ccc(NC(=O)c2oc3c(c2C)/C(=N/NC(=O)c2ccc(O)cc2)CCC3)nc1. The molecule has 0 saturated carbocycles. The van der Waals surface area contributed by atoms with Gasteiger partial charge in [-0.05, 0) is 62.6 Å². The number of hydrogen-bond donors (Lipinski definition) is 3. The smallest absolute Gasteiger partial charge is 0.292 e. The van der Waals surface area contributed by atoms with Crippen molar-refractivity contribution in [3.05, 3.63) is 76.4 Å². The number of nitrogens with one attached hydrogen (secondary N) is 2. The number of phenols is 1. The van der Waals surface area contributed by atoms with Crippen molar-refractivity contribution < 1.29 is 19.1 Å². The Morgan fingerprint density at radius 3 is 2.55 bits per heavy atom. The lowest BCUT2D eigenvalue weighted by atomic mass is 9.93. The number of benzene rings is 1. The molecular weight excluding hydrogens is 396 g/mol. The van der Waals surface area contributed by atoms with Gasteiger partial charge in [-0.25, -0.2) is 10.4 Å². The first-order chi connectivity index (χ1) is 14.9. The second-order valence-electron chi connectivity index (χ2n) is 7.43. The molecule has 158 valence electrons. The fourth-order valence-electron chi connectivity index (χ4n) is 3.51. The molecule has 0 aliphatic heterocycles. The summed E-state index contributed by atoms with van der Waals surface area (Å²) >= 11 is 0. The number of pyridine rings is 1. The fourth-order valence-corrected chi connectivity index (χ4v) is 3.51. The van der Waals surface area contributed by atoms with Gasteiger partial charge in [0.15, 0.2) is 5.76 Å². The molecule has 8 heteroatoms. The topological polar surface area (TPSA) is 117 Å². The van der Waals surface area contributed by atoms with Crippen LogP contribution < -0.4 is 10.7 Å². The second kappa shape index (κ2) is 8.43. The molecule has 4 rings (SSSR count). The standard InChI is InChI=1S/C23H22N4O4/c1-13-6-11-19(24-12-13)25-23(30)21-14(2)20-17(4-3-5-18(20)31-21)26-27-22(29)15-7-9-16(28)10-8-15/h6-12,28H,3-5H2,1-2H3,(H,27,29)(H,24,25,30)/b26-17+. The third kappa shape index (κ3) is 4.32. The monoisotopic (exact) mass is 418 g/mol. The van der Waals surface area contributed by atoms with E-state index in [9.17, 15) is 14.7 Å². The van der Waals surface area contributed by atoms with Gasteiger partial charge in [-0.1, -0.05) is 6.07 Å². The van der Waals surface area contributed by atoms with Crippen LogP contribution in [0.1, 0.15) is 56.2 Å². The van der Waals surface area contributed by atoms with Gasteiger partial charge in [-0.2, -0.15) is 5.10 Å². The van der Waals surface area contributed by atoms with Gasteiger partial charge >= 0.3 is 0 Å². The number of carbonyl (C=O) groups excluding carboxylic acids is 2. The molecule has 2 amide bonds. The van der Waals surface area contributed by atoms with Crippen molar-refractivity contribution in [3.8, 4) is 5.75 Å². The molecule has 0 radical (unpaired) electrons. The number of carbonyl (C=O) groups is 2. The Morgan fingerprint density at radius 1 is 1.06 bits per heavy atom. The van der Waals surface area contributed by atoms with Gasteiger partial charge in [0, 0.05) is 29.3 Å². The number of furan rings is 1. The fraction of sp³-hybridized carbons (Fsp3) is 0.217. The van der Waals surface area contributed by atoms with Crippen molar-refractivity contribution >= 4 is 23.3 Å². The molecule has 0 spiro atoms. The Hall–Kier alpha value is -3.94. The highest BCUT2D eigenvalue weighted by Crippen LogP contribution is 2.30. The van der Waals surface area contributed by atoms with Crippen molar-refractivity contribution in [3.63, 3.8) is 0 Å². The van der Waals surface area contributed by atoms with Crippen LogP contribution in [0, 0.1) is 13.8 Å². The summed E-state index contributed by atoms with van der Waals surface area (Å²) in [4.78, 5) is 29.3. The predicted octanol–water partition coefficient (Wildman–Crippen LogP) is 3.72. The highest BCUT2D eigenvalue weighted by Gasteiger charge is 2.28. The first kappa shape index (κ1) is 20.3. The van der Waals surface area contributed by atoms with Gasteiger partial charge in [-0.3, -0.25) is 9.59 Å². The Morgan fingerprint density at radius 2 is 1.84 bits per heavy atom. The number of hydrazone groups is 1. The van der Waals surface area contributed by atoms with Crippen LogP contribution >= 0.6 is 0 Å². The summed E-state index contributed by atoms with van der Waals surface area (Å²) in [6.45, 7) is 3.73. The Balaban J connectivity index is 1.55. The third-order valence-electron chi connectivity index (χ3n) is 5.11. The molecule has 0 atom stereocenters. The third-order valence-corrected chi connectivity index (χ3v) is 5.11. The largest absolute Gasteiger partial charge is 0.508 e. The summed E-state index contributed by atoms with van der Waals surface area (Å²) in [5, 5.41) is 16.4. The number of fused-ring (bicyclic) bond motifs is 1. The van der Waals surface area contributed by atoms with Gasteiger partial charge in [0.1, 0.15) is 17.3 Å². The Kier molecular flexibility index (Phi) is 5.53. The van der Waals surface area contributed by atoms with E-state index in [1.165, 1.54) is 24.3 Å². The molecule has 31 heavy (non-hydrogen) atoms. The molecule has 1 aliphatic rings. The van der Waals surface area contributed by atoms with Crippen molar-refractivity contribution in [1.82, 2.24) is 10.4 Å². The molecule has 0 bridgehead atoms. The minimum atomic E-state index is -0.385. The highest BCUT2D eigenvalue weighted by atomic mass is 16.4. The van der Waals surface area contributed by atoms with Crippen molar-refractivity contribution in [1.29, 1.82) is 0 Å². The van der Waals surface area contributed by atoms with Gasteiger partial charge in [0.2, 0.25) is 0 Å². The van der Waals surface area contributed by atoms with E-state index in [-0.39, 0.29) is 23.3 Å². The summed E-state index contributed by atoms with van der Waals surface area (Å²) < 4.78 is 5.87. The Bertz CT molecular complexity index is 1160. The lowest BCUT2D eigenvalue weighted by Crippen LogP contribution is -2.22. The van der Waals surface area contributed by atoms with E-state index in [1.54, 1.807) is 12.3 Å². The lowest BCUT2D eigenvalue weighted by molar-refractivity contribution is 0.0953. The average Bonchev–Trinajstić information content (AvgIpc) is 3.11. The second-order valence-corrected chi connectivity index (χ2v) is 7.43. The maximum atomic E-state index is 12.7. The molecule has 8 nitrogen and oxygen atoms in total. The van der Waals surface area contributed by atoms with E-state index < -0.39 is 0 Å². The number of aromatic nitrogens is 1. The molecule has 0 saturated heterocycles. The van der Waals surface area contributed by atoms with Crippen molar-refractivity contribution in [2.24, 2.45) is 5.10 Å². The number of anilines is 1. The van der Waals surface area contributed by atoms with Crippen LogP contribution in [0.2, 0.25) is 0 Å². The molecule has 1 aromatic carbocycles. The minimum absolute atomic E-state index is 0.0838. The molecule has 2 heterocycles. The van der Waals surface area contributed by atoms with Crippen molar-refractivity contribution in [2.45, 2.75) is 33.1 Å². The van der Waals surface area contributed by atoms with Gasteiger partial charge in [0.05, 0.1) is 5.71 Å². The zero-order chi connectivity index (χ0) is 22.0. The predicted molar refractivity (Wildman–Crippen MR) is 115 cm³/mol. The number of amides is 2. The summed E-state index contributed by atoms with van der Waals surface area (Å²) in [5.41, 5.74) is 6.04. The summed E-state index contributed by atoms with van der Waals surface area (Å²) in [5.74, 6) is 0.662. The van der Waals surface area contributed by atoms with Crippen LogP contribution in [0.15, 0.2) is 52.1 Å². The van der Waals surface area contributed by atoms with Crippen LogP contribution in [0.4, 0.5) is 5.82 Å². The Labute approximate surface area is 179 Å². The maximum absolute atomic E-state index is 12.7. The zero-order valence-corrected chi connectivity index (χ0v) is 17.2. The summed E-state index contributed by atoms with van der Waals surface area (Å²) in [6, 6.07) is 9.51. The van der Waals surface area contributed by atoms with Crippen LogP contribution in [0.25, 0.3) is 0 Å². The molecule has 0 unspecified atom stereocenters. The number of phenolic OH excluding ortho intramolecular Hbond substituents is 1. The molecule has 0 fully saturated rings. The number of rotatable bonds is 4. The van der Waals surface area contributed by atoms with Crippen LogP contribution in [-0.2, 0) is 6.42 Å². The maximum Gasteiger partial charge on any atom is 0.292 e. The number of aromatic hydroxyl groups is 1. The molecular formula is C23H22N4O4. The molecule has 3 N–H and O–H groups in total. The first-order valence-corrected chi connectivity index (χ1v) is 9.95. The van der Waals surface area contributed by atoms with Gasteiger partial charge in [0.25, 0.3) is 11.8 Å². The lowest BCUT2D eigenvalue weighted by Gasteiger charge is -2.13. The summed E-state index contributed by atoms with van der Waals surface area (Å²) in [7, 11) is 0. The quantitative estimate of drug-likeness (QED) is 0.558. The van der Waals surface area contributed by atoms with E-state index in [2.05, 4.69) is 20.8 Å². The number of nitrogens with zero attached hydrogens (tertiary/aromatic N) is 2. The van der Waals surface area contributed by atoms with E-state index in [0.29, 0.717) is 41.3 Å². The zero-order valence-electron chi connectivity index (χ0n) is 17.2. The molecule has 2 aromatic heterocycles. The van der Waals surface area contributed by atoms with E-state index in [4.69, 9.17) is 4.42 Å². The minimum Gasteiger partial charge on any atom is -0.508 e. The van der Waals surface area contributed by atoms with Crippen LogP contribution in [0.5, 0.6) is 5.75 Å². The molecule has 1 aliphatic carbocycles. The van der Waals surface area contributed by atoms with E-state index in [0.717, 1.165) is 17.5 Å². The van der Waals surface area contributed by atoms with E-state index in [1.807, 2.05) is 19.9 Å². The average molecular weight is 418 g/mol. The highest BCUT2D eigenvalue weighted by molar-refractivity contribution is 6.09. The van der Waals surface area contributed by atoms with E-state index >= 15 is 0 Å². The summed E-state index contributed by atoms with van der Waals surface area (Å²) in [6.07, 6.45) is 3.83. The first-order valence-electron chi connectivity index (χ1n) is 9.95. The normalized spacial score (nSPS) is 14.2. The van der Waals surface area contributed by atoms with Gasteiger partial charge < -0.3 is 14.8 Å². The number of hydrogen-bond acceptors (Lipinski definition) is 6.